The monoisotopic (exact) mass is 369 g/mol. The highest BCUT2D eigenvalue weighted by Gasteiger charge is 2.19. The van der Waals surface area contributed by atoms with Crippen molar-refractivity contribution in [3.05, 3.63) is 47.7 Å². The first kappa shape index (κ1) is 18.1. The van der Waals surface area contributed by atoms with E-state index in [0.717, 1.165) is 5.39 Å². The molecule has 0 spiro atoms. The van der Waals surface area contributed by atoms with E-state index in [1.54, 1.807) is 30.3 Å². The normalized spacial score (nSPS) is 10.9. The van der Waals surface area contributed by atoms with Crippen molar-refractivity contribution in [2.45, 2.75) is 0 Å². The number of nitrogens with one attached hydrogen (secondary N) is 2. The molecule has 1 heterocycles. The number of H-pyrrole nitrogens is 1. The van der Waals surface area contributed by atoms with E-state index in [0.29, 0.717) is 28.3 Å². The minimum atomic E-state index is -0.446. The molecule has 0 saturated heterocycles. The lowest BCUT2D eigenvalue weighted by molar-refractivity contribution is 0.0951. The number of amides is 1. The van der Waals surface area contributed by atoms with E-state index >= 15 is 0 Å². The highest BCUT2D eigenvalue weighted by atomic mass is 16.5. The van der Waals surface area contributed by atoms with Gasteiger partial charge in [-0.05, 0) is 24.3 Å². The van der Waals surface area contributed by atoms with Crippen molar-refractivity contribution in [3.63, 3.8) is 0 Å². The molecule has 8 heteroatoms. The number of aromatic hydroxyl groups is 1. The summed E-state index contributed by atoms with van der Waals surface area (Å²) in [6.07, 6.45) is 1.36. The minimum absolute atomic E-state index is 0.0741. The fourth-order valence-corrected chi connectivity index (χ4v) is 2.68. The standard InChI is InChI=1S/C19H19N3O5/c1-25-15-9-12-8-13(21-16(12)18(27-3)17(15)26-2)19(24)22-20-10-11-6-4-5-7-14(11)23/h4-10,21,23H,1-3H3,(H,22,24)/b20-10+. The Balaban J connectivity index is 1.88. The van der Waals surface area contributed by atoms with Crippen LogP contribution < -0.4 is 19.6 Å². The molecule has 0 atom stereocenters. The molecule has 1 aromatic heterocycles. The summed E-state index contributed by atoms with van der Waals surface area (Å²) in [5, 5.41) is 14.3. The zero-order chi connectivity index (χ0) is 19.4. The van der Waals surface area contributed by atoms with Crippen molar-refractivity contribution >= 4 is 23.0 Å². The summed E-state index contributed by atoms with van der Waals surface area (Å²) in [5.41, 5.74) is 3.79. The van der Waals surface area contributed by atoms with E-state index < -0.39 is 5.91 Å². The van der Waals surface area contributed by atoms with Gasteiger partial charge in [0.2, 0.25) is 5.75 Å². The predicted molar refractivity (Wildman–Crippen MR) is 101 cm³/mol. The summed E-state index contributed by atoms with van der Waals surface area (Å²) in [7, 11) is 4.54. The van der Waals surface area contributed by atoms with Crippen molar-refractivity contribution in [2.75, 3.05) is 21.3 Å². The molecule has 0 aliphatic heterocycles. The number of phenolic OH excluding ortho intramolecular Hbond substituents is 1. The second-order valence-electron chi connectivity index (χ2n) is 5.55. The first-order valence-electron chi connectivity index (χ1n) is 8.02. The average molecular weight is 369 g/mol. The molecular formula is C19H19N3O5. The Morgan fingerprint density at radius 2 is 1.85 bits per heavy atom. The van der Waals surface area contributed by atoms with Gasteiger partial charge < -0.3 is 24.3 Å². The van der Waals surface area contributed by atoms with Crippen LogP contribution in [0.3, 0.4) is 0 Å². The smallest absolute Gasteiger partial charge is 0.287 e. The van der Waals surface area contributed by atoms with E-state index in [2.05, 4.69) is 15.5 Å². The molecule has 140 valence electrons. The largest absolute Gasteiger partial charge is 0.507 e. The Hall–Kier alpha value is -3.68. The molecule has 0 fully saturated rings. The van der Waals surface area contributed by atoms with Crippen molar-refractivity contribution in [1.29, 1.82) is 0 Å². The highest BCUT2D eigenvalue weighted by molar-refractivity contribution is 6.01. The quantitative estimate of drug-likeness (QED) is 0.458. The number of hydrogen-bond acceptors (Lipinski definition) is 6. The maximum absolute atomic E-state index is 12.4. The number of methoxy groups -OCH3 is 3. The number of hydrazone groups is 1. The Labute approximate surface area is 155 Å². The maximum atomic E-state index is 12.4. The highest BCUT2D eigenvalue weighted by Crippen LogP contribution is 2.43. The van der Waals surface area contributed by atoms with E-state index in [9.17, 15) is 9.90 Å². The molecule has 0 bridgehead atoms. The third-order valence-corrected chi connectivity index (χ3v) is 3.97. The summed E-state index contributed by atoms with van der Waals surface area (Å²) in [6, 6.07) is 10.1. The Morgan fingerprint density at radius 1 is 1.11 bits per heavy atom. The van der Waals surface area contributed by atoms with E-state index in [1.165, 1.54) is 33.6 Å². The molecule has 3 N–H and O–H groups in total. The third-order valence-electron chi connectivity index (χ3n) is 3.97. The van der Waals surface area contributed by atoms with Crippen LogP contribution in [0.25, 0.3) is 10.9 Å². The lowest BCUT2D eigenvalue weighted by Gasteiger charge is -2.12. The number of aromatic amines is 1. The van der Waals surface area contributed by atoms with E-state index in [4.69, 9.17) is 14.2 Å². The molecule has 0 aliphatic rings. The van der Waals surface area contributed by atoms with Gasteiger partial charge in [-0.3, -0.25) is 4.79 Å². The molecule has 3 rings (SSSR count). The number of ether oxygens (including phenoxy) is 3. The Bertz CT molecular complexity index is 1010. The molecule has 0 radical (unpaired) electrons. The van der Waals surface area contributed by atoms with Crippen molar-refractivity contribution in [1.82, 2.24) is 10.4 Å². The predicted octanol–water partition coefficient (Wildman–Crippen LogP) is 2.66. The molecule has 0 saturated carbocycles. The van der Waals surface area contributed by atoms with Crippen LogP contribution in [-0.2, 0) is 0 Å². The zero-order valence-corrected chi connectivity index (χ0v) is 15.1. The van der Waals surface area contributed by atoms with Crippen LogP contribution in [0.15, 0.2) is 41.5 Å². The summed E-state index contributed by atoms with van der Waals surface area (Å²) in [5.74, 6) is 0.982. The van der Waals surface area contributed by atoms with Crippen LogP contribution in [-0.4, -0.2) is 43.5 Å². The number of rotatable bonds is 6. The topological polar surface area (TPSA) is 105 Å². The minimum Gasteiger partial charge on any atom is -0.507 e. The van der Waals surface area contributed by atoms with Gasteiger partial charge in [0, 0.05) is 10.9 Å². The second kappa shape index (κ2) is 7.69. The van der Waals surface area contributed by atoms with Crippen molar-refractivity contribution in [3.8, 4) is 23.0 Å². The van der Waals surface area contributed by atoms with Gasteiger partial charge in [0.1, 0.15) is 11.4 Å². The number of carbonyl (C=O) groups excluding carboxylic acids is 1. The van der Waals surface area contributed by atoms with Gasteiger partial charge in [0.05, 0.1) is 33.1 Å². The van der Waals surface area contributed by atoms with Gasteiger partial charge in [0.25, 0.3) is 5.91 Å². The van der Waals surface area contributed by atoms with Gasteiger partial charge in [-0.15, -0.1) is 0 Å². The van der Waals surface area contributed by atoms with Gasteiger partial charge in [-0.1, -0.05) is 12.1 Å². The van der Waals surface area contributed by atoms with Crippen molar-refractivity contribution in [2.24, 2.45) is 5.10 Å². The maximum Gasteiger partial charge on any atom is 0.287 e. The van der Waals surface area contributed by atoms with Crippen LogP contribution in [0.2, 0.25) is 0 Å². The molecule has 0 aliphatic carbocycles. The van der Waals surface area contributed by atoms with Crippen molar-refractivity contribution < 1.29 is 24.1 Å². The van der Waals surface area contributed by atoms with Gasteiger partial charge in [0.15, 0.2) is 11.5 Å². The first-order chi connectivity index (χ1) is 13.1. The van der Waals surface area contributed by atoms with E-state index in [1.807, 2.05) is 0 Å². The number of carbonyl (C=O) groups is 1. The number of nitrogens with zero attached hydrogens (tertiary/aromatic N) is 1. The Morgan fingerprint density at radius 3 is 2.52 bits per heavy atom. The fourth-order valence-electron chi connectivity index (χ4n) is 2.68. The van der Waals surface area contributed by atoms with Gasteiger partial charge in [-0.25, -0.2) is 5.43 Å². The van der Waals surface area contributed by atoms with Crippen LogP contribution in [0.5, 0.6) is 23.0 Å². The number of para-hydroxylation sites is 1. The second-order valence-corrected chi connectivity index (χ2v) is 5.55. The lowest BCUT2D eigenvalue weighted by Crippen LogP contribution is -2.17. The summed E-state index contributed by atoms with van der Waals surface area (Å²) in [6.45, 7) is 0. The van der Waals surface area contributed by atoms with E-state index in [-0.39, 0.29) is 11.4 Å². The number of aromatic nitrogens is 1. The molecular weight excluding hydrogens is 350 g/mol. The average Bonchev–Trinajstić information content (AvgIpc) is 3.11. The van der Waals surface area contributed by atoms with Gasteiger partial charge >= 0.3 is 0 Å². The molecule has 0 unspecified atom stereocenters. The number of fused-ring (bicyclic) bond motifs is 1. The summed E-state index contributed by atoms with van der Waals surface area (Å²) >= 11 is 0. The molecule has 3 aromatic rings. The van der Waals surface area contributed by atoms with Crippen LogP contribution >= 0.6 is 0 Å². The molecule has 27 heavy (non-hydrogen) atoms. The summed E-state index contributed by atoms with van der Waals surface area (Å²) < 4.78 is 16.1. The first-order valence-corrected chi connectivity index (χ1v) is 8.02. The lowest BCUT2D eigenvalue weighted by atomic mass is 10.2. The van der Waals surface area contributed by atoms with Crippen LogP contribution in [0.1, 0.15) is 16.1 Å². The Kier molecular flexibility index (Phi) is 5.16. The number of hydrogen-bond donors (Lipinski definition) is 3. The number of phenols is 1. The molecule has 2 aromatic carbocycles. The third kappa shape index (κ3) is 3.50. The number of benzene rings is 2. The van der Waals surface area contributed by atoms with Gasteiger partial charge in [-0.2, -0.15) is 5.10 Å². The molecule has 8 nitrogen and oxygen atoms in total. The zero-order valence-electron chi connectivity index (χ0n) is 15.1. The SMILES string of the molecule is COc1cc2cc(C(=O)N/N=C/c3ccccc3O)[nH]c2c(OC)c1OC. The summed E-state index contributed by atoms with van der Waals surface area (Å²) in [4.78, 5) is 15.4. The fraction of sp³-hybridized carbons (Fsp3) is 0.158. The van der Waals surface area contributed by atoms with Crippen LogP contribution in [0, 0.1) is 0 Å². The molecule has 1 amide bonds. The van der Waals surface area contributed by atoms with Crippen LogP contribution in [0.4, 0.5) is 0 Å².